The van der Waals surface area contributed by atoms with Gasteiger partial charge in [-0.3, -0.25) is 9.78 Å². The highest BCUT2D eigenvalue weighted by molar-refractivity contribution is 5.99. The van der Waals surface area contributed by atoms with Crippen molar-refractivity contribution in [2.45, 2.75) is 6.54 Å². The number of benzene rings is 2. The number of nitrogens with zero attached hydrogens (tertiary/aromatic N) is 2. The number of carboxylic acid groups (broad SMARTS) is 1. The Kier molecular flexibility index (Phi) is 4.99. The van der Waals surface area contributed by atoms with Gasteiger partial charge in [0.05, 0.1) is 11.2 Å². The van der Waals surface area contributed by atoms with E-state index >= 15 is 0 Å². The number of hydrogen-bond donors (Lipinski definition) is 2. The highest BCUT2D eigenvalue weighted by Gasteiger charge is 2.13. The molecule has 29 heavy (non-hydrogen) atoms. The largest absolute Gasteiger partial charge is 0.465 e. The number of rotatable bonds is 5. The van der Waals surface area contributed by atoms with Crippen LogP contribution < -0.4 is 5.32 Å². The first-order chi connectivity index (χ1) is 14.2. The Morgan fingerprint density at radius 2 is 1.76 bits per heavy atom. The molecule has 0 spiro atoms. The summed E-state index contributed by atoms with van der Waals surface area (Å²) in [6.07, 6.45) is 1.25. The number of carbonyl (C=O) groups is 2. The fraction of sp³-hybridized carbons (Fsp3) is 0.0435. The Balaban J connectivity index is 1.86. The average molecular weight is 383 g/mol. The third kappa shape index (κ3) is 3.82. The van der Waals surface area contributed by atoms with Gasteiger partial charge < -0.3 is 10.4 Å². The van der Waals surface area contributed by atoms with E-state index in [1.54, 1.807) is 12.3 Å². The molecule has 0 aliphatic rings. The highest BCUT2D eigenvalue weighted by atomic mass is 16.4. The number of fused-ring (bicyclic) bond motifs is 1. The van der Waals surface area contributed by atoms with Crippen LogP contribution in [0.5, 0.6) is 0 Å². The van der Waals surface area contributed by atoms with Crippen LogP contribution >= 0.6 is 0 Å². The zero-order valence-electron chi connectivity index (χ0n) is 15.4. The average Bonchev–Trinajstić information content (AvgIpc) is 2.77. The van der Waals surface area contributed by atoms with Gasteiger partial charge in [0.2, 0.25) is 0 Å². The molecule has 0 unspecified atom stereocenters. The summed E-state index contributed by atoms with van der Waals surface area (Å²) in [6, 6.07) is 21.1. The third-order valence-electron chi connectivity index (χ3n) is 4.64. The molecular weight excluding hydrogens is 366 g/mol. The number of aldehydes is 1. The van der Waals surface area contributed by atoms with Crippen molar-refractivity contribution in [3.63, 3.8) is 0 Å². The Hall–Kier alpha value is -4.06. The maximum atomic E-state index is 11.4. The quantitative estimate of drug-likeness (QED) is 0.494. The standard InChI is InChI=1S/C23H17N3O3/c27-14-21-19-12-18(16-4-2-1-3-5-16)22(26-20(19)10-11-24-21)17-8-6-15(7-9-17)13-25-23(28)29/h1-12,14,25H,13H2,(H,28,29). The number of nitrogens with one attached hydrogen (secondary N) is 1. The molecule has 0 aliphatic heterocycles. The second-order valence-electron chi connectivity index (χ2n) is 6.49. The summed E-state index contributed by atoms with van der Waals surface area (Å²) < 4.78 is 0. The molecule has 6 heteroatoms. The summed E-state index contributed by atoms with van der Waals surface area (Å²) >= 11 is 0. The van der Waals surface area contributed by atoms with E-state index in [0.717, 1.165) is 34.2 Å². The Morgan fingerprint density at radius 3 is 2.45 bits per heavy atom. The van der Waals surface area contributed by atoms with Crippen LogP contribution in [-0.4, -0.2) is 27.5 Å². The monoisotopic (exact) mass is 383 g/mol. The summed E-state index contributed by atoms with van der Waals surface area (Å²) in [5, 5.41) is 11.8. The second-order valence-corrected chi connectivity index (χ2v) is 6.49. The van der Waals surface area contributed by atoms with E-state index in [2.05, 4.69) is 10.3 Å². The zero-order chi connectivity index (χ0) is 20.2. The maximum absolute atomic E-state index is 11.4. The summed E-state index contributed by atoms with van der Waals surface area (Å²) in [4.78, 5) is 31.1. The first kappa shape index (κ1) is 18.3. The van der Waals surface area contributed by atoms with Gasteiger partial charge in [-0.25, -0.2) is 9.78 Å². The minimum Gasteiger partial charge on any atom is -0.465 e. The van der Waals surface area contributed by atoms with Crippen molar-refractivity contribution >= 4 is 23.3 Å². The van der Waals surface area contributed by atoms with Crippen LogP contribution in [-0.2, 0) is 6.54 Å². The van der Waals surface area contributed by atoms with Crippen LogP contribution in [0.2, 0.25) is 0 Å². The van der Waals surface area contributed by atoms with Gasteiger partial charge in [0.1, 0.15) is 5.69 Å². The summed E-state index contributed by atoms with van der Waals surface area (Å²) in [5.41, 5.74) is 5.45. The van der Waals surface area contributed by atoms with E-state index in [0.29, 0.717) is 16.6 Å². The van der Waals surface area contributed by atoms with Gasteiger partial charge >= 0.3 is 6.09 Å². The Labute approximate surface area is 166 Å². The van der Waals surface area contributed by atoms with E-state index in [1.165, 1.54) is 0 Å². The van der Waals surface area contributed by atoms with Crippen LogP contribution in [0.1, 0.15) is 16.1 Å². The lowest BCUT2D eigenvalue weighted by molar-refractivity contribution is 0.112. The molecule has 4 rings (SSSR count). The number of aromatic nitrogens is 2. The molecule has 0 bridgehead atoms. The molecule has 6 nitrogen and oxygen atoms in total. The van der Waals surface area contributed by atoms with E-state index in [1.807, 2.05) is 60.7 Å². The van der Waals surface area contributed by atoms with Crippen molar-refractivity contribution in [3.8, 4) is 22.4 Å². The van der Waals surface area contributed by atoms with Gasteiger partial charge in [-0.1, -0.05) is 54.6 Å². The molecule has 2 heterocycles. The first-order valence-corrected chi connectivity index (χ1v) is 9.02. The SMILES string of the molecule is O=Cc1nccc2nc(-c3ccc(CNC(=O)O)cc3)c(-c3ccccc3)cc12. The number of carbonyl (C=O) groups excluding carboxylic acids is 1. The van der Waals surface area contributed by atoms with E-state index in [-0.39, 0.29) is 6.54 Å². The van der Waals surface area contributed by atoms with Gasteiger partial charge in [0.15, 0.2) is 6.29 Å². The van der Waals surface area contributed by atoms with E-state index in [4.69, 9.17) is 10.1 Å². The van der Waals surface area contributed by atoms with Crippen molar-refractivity contribution in [1.29, 1.82) is 0 Å². The van der Waals surface area contributed by atoms with Crippen LogP contribution in [0.4, 0.5) is 4.79 Å². The molecular formula is C23H17N3O3. The van der Waals surface area contributed by atoms with Gasteiger partial charge in [-0.15, -0.1) is 0 Å². The van der Waals surface area contributed by atoms with E-state index < -0.39 is 6.09 Å². The summed E-state index contributed by atoms with van der Waals surface area (Å²) in [5.74, 6) is 0. The molecule has 0 radical (unpaired) electrons. The number of pyridine rings is 2. The molecule has 2 aromatic heterocycles. The summed E-state index contributed by atoms with van der Waals surface area (Å²) in [7, 11) is 0. The molecule has 0 aliphatic carbocycles. The normalized spacial score (nSPS) is 10.6. The topological polar surface area (TPSA) is 92.2 Å². The fourth-order valence-electron chi connectivity index (χ4n) is 3.23. The fourth-order valence-corrected chi connectivity index (χ4v) is 3.23. The van der Waals surface area contributed by atoms with Gasteiger partial charge in [-0.05, 0) is 23.3 Å². The van der Waals surface area contributed by atoms with Crippen molar-refractivity contribution in [3.05, 3.63) is 84.2 Å². The predicted octanol–water partition coefficient (Wildman–Crippen LogP) is 4.54. The molecule has 0 saturated carbocycles. The lowest BCUT2D eigenvalue weighted by Crippen LogP contribution is -2.19. The molecule has 4 aromatic rings. The first-order valence-electron chi connectivity index (χ1n) is 9.02. The van der Waals surface area contributed by atoms with Gasteiger partial charge in [0, 0.05) is 29.3 Å². The summed E-state index contributed by atoms with van der Waals surface area (Å²) in [6.45, 7) is 0.237. The van der Waals surface area contributed by atoms with Crippen molar-refractivity contribution < 1.29 is 14.7 Å². The Bertz CT molecular complexity index is 1190. The van der Waals surface area contributed by atoms with Crippen LogP contribution in [0.25, 0.3) is 33.3 Å². The molecule has 0 atom stereocenters. The van der Waals surface area contributed by atoms with Gasteiger partial charge in [0.25, 0.3) is 0 Å². The van der Waals surface area contributed by atoms with Crippen molar-refractivity contribution in [2.75, 3.05) is 0 Å². The van der Waals surface area contributed by atoms with Crippen molar-refractivity contribution in [2.24, 2.45) is 0 Å². The Morgan fingerprint density at radius 1 is 1.00 bits per heavy atom. The molecule has 0 fully saturated rings. The van der Waals surface area contributed by atoms with Crippen LogP contribution in [0.3, 0.4) is 0 Å². The third-order valence-corrected chi connectivity index (χ3v) is 4.64. The second kappa shape index (κ2) is 7.90. The molecule has 1 amide bonds. The minimum atomic E-state index is -1.06. The smallest absolute Gasteiger partial charge is 0.404 e. The van der Waals surface area contributed by atoms with Gasteiger partial charge in [-0.2, -0.15) is 0 Å². The van der Waals surface area contributed by atoms with Crippen molar-refractivity contribution in [1.82, 2.24) is 15.3 Å². The van der Waals surface area contributed by atoms with Crippen LogP contribution in [0.15, 0.2) is 72.9 Å². The maximum Gasteiger partial charge on any atom is 0.404 e. The molecule has 142 valence electrons. The van der Waals surface area contributed by atoms with Crippen LogP contribution in [0, 0.1) is 0 Å². The lowest BCUT2D eigenvalue weighted by atomic mass is 9.96. The highest BCUT2D eigenvalue weighted by Crippen LogP contribution is 2.34. The molecule has 2 N–H and O–H groups in total. The molecule has 2 aromatic carbocycles. The number of amides is 1. The predicted molar refractivity (Wildman–Crippen MR) is 111 cm³/mol. The van der Waals surface area contributed by atoms with E-state index in [9.17, 15) is 9.59 Å². The number of hydrogen-bond acceptors (Lipinski definition) is 4. The molecule has 0 saturated heterocycles. The zero-order valence-corrected chi connectivity index (χ0v) is 15.4. The lowest BCUT2D eigenvalue weighted by Gasteiger charge is -2.13. The minimum absolute atomic E-state index is 0.237.